The molecule has 1 aromatic carbocycles. The number of nitrogens with one attached hydrogen (secondary N) is 1. The number of anilines is 1. The molecule has 7 nitrogen and oxygen atoms in total. The zero-order valence-corrected chi connectivity index (χ0v) is 17.5. The molecule has 1 saturated carbocycles. The van der Waals surface area contributed by atoms with Crippen LogP contribution in [0.25, 0.3) is 5.65 Å². The second-order valence-electron chi connectivity index (χ2n) is 7.00. The van der Waals surface area contributed by atoms with Gasteiger partial charge in [0.15, 0.2) is 22.3 Å². The molecule has 1 N–H and O–H groups in total. The summed E-state index contributed by atoms with van der Waals surface area (Å²) in [4.78, 5) is 12.4. The van der Waals surface area contributed by atoms with Gasteiger partial charge in [-0.05, 0) is 31.0 Å². The Labute approximate surface area is 180 Å². The minimum absolute atomic E-state index is 0.156. The number of ether oxygens (including phenoxy) is 2. The van der Waals surface area contributed by atoms with Crippen LogP contribution in [0.3, 0.4) is 0 Å². The predicted octanol–water partition coefficient (Wildman–Crippen LogP) is 4.81. The first-order valence-electron chi connectivity index (χ1n) is 9.16. The van der Waals surface area contributed by atoms with Gasteiger partial charge < -0.3 is 14.8 Å². The summed E-state index contributed by atoms with van der Waals surface area (Å²) in [5.74, 6) is 0.865. The van der Waals surface area contributed by atoms with E-state index in [0.717, 1.165) is 31.4 Å². The maximum atomic E-state index is 12.4. The average molecular weight is 451 g/mol. The van der Waals surface area contributed by atoms with E-state index < -0.39 is 5.79 Å². The molecule has 1 spiro atoms. The lowest BCUT2D eigenvalue weighted by atomic mass is 10.2. The van der Waals surface area contributed by atoms with E-state index in [2.05, 4.69) is 15.5 Å². The predicted molar refractivity (Wildman–Crippen MR) is 111 cm³/mol. The van der Waals surface area contributed by atoms with Crippen molar-refractivity contribution in [3.8, 4) is 11.5 Å². The molecule has 0 radical (unpaired) electrons. The van der Waals surface area contributed by atoms with Crippen molar-refractivity contribution in [1.29, 1.82) is 0 Å². The van der Waals surface area contributed by atoms with E-state index >= 15 is 0 Å². The third-order valence-corrected chi connectivity index (χ3v) is 6.34. The highest BCUT2D eigenvalue weighted by Crippen LogP contribution is 2.47. The topological polar surface area (TPSA) is 77.8 Å². The molecule has 5 rings (SSSR count). The summed E-state index contributed by atoms with van der Waals surface area (Å²) in [6.45, 7) is 0. The Kier molecular flexibility index (Phi) is 4.72. The summed E-state index contributed by atoms with van der Waals surface area (Å²) in [5.41, 5.74) is 1.15. The Hall–Kier alpha value is -2.16. The van der Waals surface area contributed by atoms with Gasteiger partial charge >= 0.3 is 0 Å². The molecule has 1 fully saturated rings. The first-order valence-corrected chi connectivity index (χ1v) is 10.9. The standard InChI is InChI=1S/C19H16Cl2N4O3S/c20-11-7-13(21)17-23-24-18(25(17)9-11)29-10-16(26)22-12-3-4-14-15(8-12)28-19(27-14)5-1-2-6-19/h3-4,7-9H,1-2,5-6,10H2,(H,22,26). The monoisotopic (exact) mass is 450 g/mol. The number of hydrogen-bond donors (Lipinski definition) is 1. The average Bonchev–Trinajstić information content (AvgIpc) is 3.38. The lowest BCUT2D eigenvalue weighted by Crippen LogP contribution is -2.34. The molecule has 10 heteroatoms. The van der Waals surface area contributed by atoms with Gasteiger partial charge in [0.1, 0.15) is 0 Å². The van der Waals surface area contributed by atoms with E-state index in [0.29, 0.717) is 32.3 Å². The molecule has 0 saturated heterocycles. The number of pyridine rings is 1. The lowest BCUT2D eigenvalue weighted by Gasteiger charge is -2.21. The number of nitrogens with zero attached hydrogens (tertiary/aromatic N) is 3. The van der Waals surface area contributed by atoms with Gasteiger partial charge in [-0.3, -0.25) is 9.20 Å². The van der Waals surface area contributed by atoms with Crippen LogP contribution in [0.15, 0.2) is 35.6 Å². The summed E-state index contributed by atoms with van der Waals surface area (Å²) in [6.07, 6.45) is 5.64. The summed E-state index contributed by atoms with van der Waals surface area (Å²) < 4.78 is 13.7. The number of amides is 1. The maximum Gasteiger partial charge on any atom is 0.251 e. The fraction of sp³-hybridized carbons (Fsp3) is 0.316. The molecule has 2 aromatic heterocycles. The quantitative estimate of drug-likeness (QED) is 0.574. The molecule has 150 valence electrons. The Morgan fingerprint density at radius 1 is 1.17 bits per heavy atom. The first kappa shape index (κ1) is 18.8. The summed E-state index contributed by atoms with van der Waals surface area (Å²) in [5, 5.41) is 12.4. The second kappa shape index (κ2) is 7.27. The van der Waals surface area contributed by atoms with Crippen molar-refractivity contribution in [2.75, 3.05) is 11.1 Å². The van der Waals surface area contributed by atoms with Crippen LogP contribution in [0, 0.1) is 0 Å². The van der Waals surface area contributed by atoms with Gasteiger partial charge in [-0.1, -0.05) is 35.0 Å². The van der Waals surface area contributed by atoms with Gasteiger partial charge in [-0.2, -0.15) is 0 Å². The van der Waals surface area contributed by atoms with Gasteiger partial charge in [0.2, 0.25) is 5.91 Å². The fourth-order valence-corrected chi connectivity index (χ4v) is 4.84. The molecule has 0 unspecified atom stereocenters. The van der Waals surface area contributed by atoms with Crippen molar-refractivity contribution in [1.82, 2.24) is 14.6 Å². The number of benzene rings is 1. The number of halogens is 2. The van der Waals surface area contributed by atoms with E-state index in [1.807, 2.05) is 12.1 Å². The van der Waals surface area contributed by atoms with Gasteiger partial charge in [-0.15, -0.1) is 10.2 Å². The van der Waals surface area contributed by atoms with Crippen LogP contribution in [-0.2, 0) is 4.79 Å². The molecular weight excluding hydrogens is 435 g/mol. The van der Waals surface area contributed by atoms with Crippen molar-refractivity contribution in [2.45, 2.75) is 36.6 Å². The van der Waals surface area contributed by atoms with Crippen LogP contribution in [0.5, 0.6) is 11.5 Å². The molecule has 3 aromatic rings. The summed E-state index contributed by atoms with van der Waals surface area (Å²) in [7, 11) is 0. The Morgan fingerprint density at radius 2 is 1.97 bits per heavy atom. The van der Waals surface area contributed by atoms with Crippen LogP contribution in [0.4, 0.5) is 5.69 Å². The van der Waals surface area contributed by atoms with Crippen LogP contribution >= 0.6 is 35.0 Å². The minimum atomic E-state index is -0.516. The molecule has 1 amide bonds. The second-order valence-corrected chi connectivity index (χ2v) is 8.79. The van der Waals surface area contributed by atoms with E-state index in [-0.39, 0.29) is 11.7 Å². The highest BCUT2D eigenvalue weighted by Gasteiger charge is 2.44. The van der Waals surface area contributed by atoms with Crippen molar-refractivity contribution in [3.05, 3.63) is 40.5 Å². The molecule has 3 heterocycles. The van der Waals surface area contributed by atoms with E-state index in [4.69, 9.17) is 32.7 Å². The molecule has 1 aliphatic heterocycles. The molecule has 29 heavy (non-hydrogen) atoms. The van der Waals surface area contributed by atoms with E-state index in [9.17, 15) is 4.79 Å². The van der Waals surface area contributed by atoms with Crippen LogP contribution in [-0.4, -0.2) is 32.0 Å². The van der Waals surface area contributed by atoms with Gasteiger partial charge in [-0.25, -0.2) is 0 Å². The van der Waals surface area contributed by atoms with Gasteiger partial charge in [0.05, 0.1) is 15.8 Å². The Morgan fingerprint density at radius 3 is 2.79 bits per heavy atom. The Bertz CT molecular complexity index is 1110. The van der Waals surface area contributed by atoms with Crippen LogP contribution in [0.1, 0.15) is 25.7 Å². The summed E-state index contributed by atoms with van der Waals surface area (Å²) >= 11 is 13.4. The molecule has 0 atom stereocenters. The number of rotatable bonds is 4. The lowest BCUT2D eigenvalue weighted by molar-refractivity contribution is -0.113. The number of thioether (sulfide) groups is 1. The van der Waals surface area contributed by atoms with Crippen molar-refractivity contribution >= 4 is 52.2 Å². The molecule has 2 aliphatic rings. The fourth-order valence-electron chi connectivity index (χ4n) is 3.62. The normalized spacial score (nSPS) is 16.6. The van der Waals surface area contributed by atoms with Crippen LogP contribution < -0.4 is 14.8 Å². The minimum Gasteiger partial charge on any atom is -0.448 e. The smallest absolute Gasteiger partial charge is 0.251 e. The SMILES string of the molecule is O=C(CSc1nnc2c(Cl)cc(Cl)cn12)Nc1ccc2c(c1)OC1(CCCC1)O2. The molecule has 0 bridgehead atoms. The largest absolute Gasteiger partial charge is 0.448 e. The van der Waals surface area contributed by atoms with Gasteiger partial charge in [0.25, 0.3) is 5.79 Å². The van der Waals surface area contributed by atoms with Crippen molar-refractivity contribution < 1.29 is 14.3 Å². The Balaban J connectivity index is 1.24. The first-order chi connectivity index (χ1) is 14.0. The number of carbonyl (C=O) groups excluding carboxylic acids is 1. The van der Waals surface area contributed by atoms with Crippen molar-refractivity contribution in [2.24, 2.45) is 0 Å². The zero-order chi connectivity index (χ0) is 20.0. The highest BCUT2D eigenvalue weighted by molar-refractivity contribution is 7.99. The molecular formula is C19H16Cl2N4O3S. The van der Waals surface area contributed by atoms with E-state index in [1.165, 1.54) is 11.8 Å². The third-order valence-electron chi connectivity index (χ3n) is 4.91. The number of carbonyl (C=O) groups is 1. The maximum absolute atomic E-state index is 12.4. The number of hydrogen-bond acceptors (Lipinski definition) is 6. The third kappa shape index (κ3) is 3.60. The summed E-state index contributed by atoms with van der Waals surface area (Å²) in [6, 6.07) is 7.05. The highest BCUT2D eigenvalue weighted by atomic mass is 35.5. The number of fused-ring (bicyclic) bond motifs is 2. The van der Waals surface area contributed by atoms with Crippen LogP contribution in [0.2, 0.25) is 10.0 Å². The zero-order valence-electron chi connectivity index (χ0n) is 15.2. The number of aromatic nitrogens is 3. The van der Waals surface area contributed by atoms with Gasteiger partial charge in [0, 0.05) is 30.8 Å². The van der Waals surface area contributed by atoms with E-state index in [1.54, 1.807) is 22.7 Å². The van der Waals surface area contributed by atoms with Crippen molar-refractivity contribution in [3.63, 3.8) is 0 Å². The molecule has 1 aliphatic carbocycles.